The molecule has 1 atom stereocenters. The third-order valence-corrected chi connectivity index (χ3v) is 2.30. The van der Waals surface area contributed by atoms with Crippen molar-refractivity contribution in [3.8, 4) is 0 Å². The van der Waals surface area contributed by atoms with E-state index in [4.69, 9.17) is 0 Å². The van der Waals surface area contributed by atoms with Crippen molar-refractivity contribution in [3.63, 3.8) is 0 Å². The van der Waals surface area contributed by atoms with Gasteiger partial charge in [-0.25, -0.2) is 0 Å². The Morgan fingerprint density at radius 2 is 2.50 bits per heavy atom. The molecular weight excluding hydrogens is 166 g/mol. The average molecular weight is 177 g/mol. The first-order chi connectivity index (χ1) is 3.79. The highest BCUT2D eigenvalue weighted by molar-refractivity contribution is 9.09. The Kier molecular flexibility index (Phi) is 2.32. The number of rotatable bonds is 0. The van der Waals surface area contributed by atoms with Crippen molar-refractivity contribution < 1.29 is 0 Å². The van der Waals surface area contributed by atoms with E-state index in [-0.39, 0.29) is 0 Å². The maximum atomic E-state index is 3.56. The monoisotopic (exact) mass is 176 g/mol. The fourth-order valence-corrected chi connectivity index (χ4v) is 1.22. The van der Waals surface area contributed by atoms with Gasteiger partial charge in [-0.15, -0.1) is 0 Å². The quantitative estimate of drug-likeness (QED) is 0.508. The van der Waals surface area contributed by atoms with E-state index >= 15 is 0 Å². The highest BCUT2D eigenvalue weighted by Crippen LogP contribution is 2.18. The molecule has 0 N–H and O–H groups in total. The number of halogens is 1. The molecule has 1 nitrogen and oxygen atoms in total. The predicted octanol–water partition coefficient (Wildman–Crippen LogP) is 1.64. The third-order valence-electron chi connectivity index (χ3n) is 1.47. The summed E-state index contributed by atoms with van der Waals surface area (Å²) in [6.07, 6.45) is 2.48. The second-order valence-corrected chi connectivity index (χ2v) is 3.58. The number of likely N-dealkylation sites (tertiary alicyclic amines) is 1. The Bertz CT molecular complexity index is 56.9. The lowest BCUT2D eigenvalue weighted by atomic mass is 10.1. The van der Waals surface area contributed by atoms with E-state index in [0.717, 1.165) is 4.83 Å². The van der Waals surface area contributed by atoms with E-state index in [9.17, 15) is 0 Å². The van der Waals surface area contributed by atoms with Gasteiger partial charge < -0.3 is 4.90 Å². The molecular formula is C6H11BrN. The zero-order chi connectivity index (χ0) is 5.98. The molecule has 0 aliphatic carbocycles. The van der Waals surface area contributed by atoms with E-state index < -0.39 is 0 Å². The molecule has 0 bridgehead atoms. The predicted molar refractivity (Wildman–Crippen MR) is 38.9 cm³/mol. The number of piperidine rings is 1. The van der Waals surface area contributed by atoms with Crippen LogP contribution in [0.3, 0.4) is 0 Å². The number of hydrogen-bond donors (Lipinski definition) is 0. The van der Waals surface area contributed by atoms with Crippen molar-refractivity contribution in [2.45, 2.75) is 17.7 Å². The molecule has 1 radical (unpaired) electrons. The van der Waals surface area contributed by atoms with Crippen molar-refractivity contribution in [1.82, 2.24) is 4.90 Å². The summed E-state index contributed by atoms with van der Waals surface area (Å²) in [6, 6.07) is 0. The molecule has 0 aromatic rings. The summed E-state index contributed by atoms with van der Waals surface area (Å²) in [4.78, 5) is 2.98. The molecule has 1 rings (SSSR count). The SMILES string of the molecule is CN1[CH]CC(Br)CC1. The molecule has 1 unspecified atom stereocenters. The van der Waals surface area contributed by atoms with Crippen LogP contribution in [0.1, 0.15) is 12.8 Å². The Morgan fingerprint density at radius 3 is 2.88 bits per heavy atom. The molecule has 0 aromatic heterocycles. The largest absolute Gasteiger partial charge is 0.302 e. The van der Waals surface area contributed by atoms with Gasteiger partial charge in [0.1, 0.15) is 0 Å². The summed E-state index contributed by atoms with van der Waals surface area (Å²) in [6.45, 7) is 3.44. The van der Waals surface area contributed by atoms with Gasteiger partial charge in [0.2, 0.25) is 0 Å². The number of nitrogens with zero attached hydrogens (tertiary/aromatic N) is 1. The molecule has 0 saturated carbocycles. The lowest BCUT2D eigenvalue weighted by molar-refractivity contribution is 0.343. The van der Waals surface area contributed by atoms with Gasteiger partial charge in [0, 0.05) is 11.4 Å². The average Bonchev–Trinajstić information content (AvgIpc) is 1.77. The van der Waals surface area contributed by atoms with E-state index in [1.165, 1.54) is 19.4 Å². The molecule has 1 aliphatic heterocycles. The fourth-order valence-electron chi connectivity index (χ4n) is 0.847. The fraction of sp³-hybridized carbons (Fsp3) is 0.833. The van der Waals surface area contributed by atoms with Crippen LogP contribution >= 0.6 is 15.9 Å². The van der Waals surface area contributed by atoms with Gasteiger partial charge in [0.15, 0.2) is 0 Å². The summed E-state index contributed by atoms with van der Waals surface area (Å²) < 4.78 is 0. The second-order valence-electron chi connectivity index (χ2n) is 2.28. The van der Waals surface area contributed by atoms with Crippen molar-refractivity contribution in [2.24, 2.45) is 0 Å². The Morgan fingerprint density at radius 1 is 1.75 bits per heavy atom. The van der Waals surface area contributed by atoms with E-state index in [0.29, 0.717) is 0 Å². The Labute approximate surface area is 59.2 Å². The number of alkyl halides is 1. The van der Waals surface area contributed by atoms with Crippen LogP contribution in [0.2, 0.25) is 0 Å². The molecule has 0 amide bonds. The van der Waals surface area contributed by atoms with Gasteiger partial charge in [-0.3, -0.25) is 0 Å². The van der Waals surface area contributed by atoms with Crippen LogP contribution in [0, 0.1) is 6.54 Å². The molecule has 1 saturated heterocycles. The van der Waals surface area contributed by atoms with E-state index in [1.54, 1.807) is 0 Å². The highest BCUT2D eigenvalue weighted by atomic mass is 79.9. The molecule has 8 heavy (non-hydrogen) atoms. The van der Waals surface area contributed by atoms with Gasteiger partial charge in [0.05, 0.1) is 0 Å². The molecule has 0 spiro atoms. The van der Waals surface area contributed by atoms with Crippen LogP contribution in [-0.4, -0.2) is 23.3 Å². The van der Waals surface area contributed by atoms with Gasteiger partial charge in [-0.05, 0) is 26.4 Å². The molecule has 1 aliphatic rings. The van der Waals surface area contributed by atoms with Crippen LogP contribution < -0.4 is 0 Å². The van der Waals surface area contributed by atoms with Gasteiger partial charge >= 0.3 is 0 Å². The minimum Gasteiger partial charge on any atom is -0.302 e. The third kappa shape index (κ3) is 1.75. The second kappa shape index (κ2) is 2.83. The smallest absolute Gasteiger partial charge is 0.0259 e. The lowest BCUT2D eigenvalue weighted by Crippen LogP contribution is -2.25. The van der Waals surface area contributed by atoms with Crippen LogP contribution in [-0.2, 0) is 0 Å². The minimum atomic E-state index is 0.735. The zero-order valence-electron chi connectivity index (χ0n) is 5.10. The summed E-state index contributed by atoms with van der Waals surface area (Å²) in [5.41, 5.74) is 0. The standard InChI is InChI=1S/C6H11BrN/c1-8-4-2-6(7)3-5-8/h4,6H,2-3,5H2,1H3. The lowest BCUT2D eigenvalue weighted by Gasteiger charge is -2.24. The van der Waals surface area contributed by atoms with E-state index in [1.807, 2.05) is 0 Å². The van der Waals surface area contributed by atoms with E-state index in [2.05, 4.69) is 34.4 Å². The van der Waals surface area contributed by atoms with Crippen LogP contribution in [0.25, 0.3) is 0 Å². The van der Waals surface area contributed by atoms with Crippen LogP contribution in [0.4, 0.5) is 0 Å². The molecule has 0 aromatic carbocycles. The maximum Gasteiger partial charge on any atom is 0.0259 e. The maximum absolute atomic E-state index is 3.56. The minimum absolute atomic E-state index is 0.735. The molecule has 47 valence electrons. The number of hydrogen-bond acceptors (Lipinski definition) is 1. The Balaban J connectivity index is 2.19. The van der Waals surface area contributed by atoms with Crippen molar-refractivity contribution >= 4 is 15.9 Å². The molecule has 1 fully saturated rings. The summed E-state index contributed by atoms with van der Waals surface area (Å²) in [5, 5.41) is 0. The van der Waals surface area contributed by atoms with Gasteiger partial charge in [-0.1, -0.05) is 15.9 Å². The first kappa shape index (κ1) is 6.56. The van der Waals surface area contributed by atoms with Crippen molar-refractivity contribution in [2.75, 3.05) is 13.6 Å². The van der Waals surface area contributed by atoms with Crippen LogP contribution in [0.15, 0.2) is 0 Å². The summed E-state index contributed by atoms with van der Waals surface area (Å²) in [5.74, 6) is 0. The summed E-state index contributed by atoms with van der Waals surface area (Å²) >= 11 is 3.56. The van der Waals surface area contributed by atoms with Gasteiger partial charge in [0.25, 0.3) is 0 Å². The summed E-state index contributed by atoms with van der Waals surface area (Å²) in [7, 11) is 2.12. The topological polar surface area (TPSA) is 3.24 Å². The van der Waals surface area contributed by atoms with Crippen molar-refractivity contribution in [1.29, 1.82) is 0 Å². The van der Waals surface area contributed by atoms with Crippen molar-refractivity contribution in [3.05, 3.63) is 6.54 Å². The molecule has 2 heteroatoms. The highest BCUT2D eigenvalue weighted by Gasteiger charge is 2.12. The Hall–Kier alpha value is 0.440. The van der Waals surface area contributed by atoms with Crippen LogP contribution in [0.5, 0.6) is 0 Å². The molecule has 1 heterocycles. The first-order valence-electron chi connectivity index (χ1n) is 2.96. The normalized spacial score (nSPS) is 26.2. The van der Waals surface area contributed by atoms with Gasteiger partial charge in [-0.2, -0.15) is 0 Å². The first-order valence-corrected chi connectivity index (χ1v) is 3.88. The zero-order valence-corrected chi connectivity index (χ0v) is 6.69.